The Morgan fingerprint density at radius 2 is 2.31 bits per heavy atom. The van der Waals surface area contributed by atoms with Crippen LogP contribution in [0.1, 0.15) is 6.92 Å². The van der Waals surface area contributed by atoms with Gasteiger partial charge in [0.05, 0.1) is 0 Å². The van der Waals surface area contributed by atoms with Crippen molar-refractivity contribution >= 4 is 5.82 Å². The summed E-state index contributed by atoms with van der Waals surface area (Å²) in [5.41, 5.74) is 0. The van der Waals surface area contributed by atoms with E-state index in [2.05, 4.69) is 15.6 Å². The maximum absolute atomic E-state index is 13.0. The molecule has 1 rings (SSSR count). The quantitative estimate of drug-likeness (QED) is 0.674. The maximum Gasteiger partial charge on any atom is 0.165 e. The second-order valence-electron chi connectivity index (χ2n) is 2.61. The Balaban J connectivity index is 2.32. The van der Waals surface area contributed by atoms with Gasteiger partial charge in [0.2, 0.25) is 0 Å². The van der Waals surface area contributed by atoms with E-state index in [1.807, 2.05) is 6.92 Å². The molecule has 0 saturated heterocycles. The van der Waals surface area contributed by atoms with Gasteiger partial charge < -0.3 is 10.6 Å². The SMILES string of the molecule is CCNCCNc1ncccc1F. The van der Waals surface area contributed by atoms with Crippen LogP contribution in [-0.2, 0) is 0 Å². The van der Waals surface area contributed by atoms with Crippen LogP contribution in [0, 0.1) is 5.82 Å². The molecule has 0 aromatic carbocycles. The molecule has 0 saturated carbocycles. The van der Waals surface area contributed by atoms with Crippen molar-refractivity contribution in [3.63, 3.8) is 0 Å². The van der Waals surface area contributed by atoms with Gasteiger partial charge in [0.1, 0.15) is 0 Å². The standard InChI is InChI=1S/C9H14FN3/c1-2-11-6-7-13-9-8(10)4-3-5-12-9/h3-5,11H,2,6-7H2,1H3,(H,12,13). The summed E-state index contributed by atoms with van der Waals surface area (Å²) in [6, 6.07) is 2.97. The number of nitrogens with one attached hydrogen (secondary N) is 2. The number of pyridine rings is 1. The lowest BCUT2D eigenvalue weighted by atomic mass is 10.4. The summed E-state index contributed by atoms with van der Waals surface area (Å²) in [7, 11) is 0. The first-order chi connectivity index (χ1) is 6.34. The Morgan fingerprint density at radius 1 is 1.46 bits per heavy atom. The summed E-state index contributed by atoms with van der Waals surface area (Å²) in [5, 5.41) is 6.02. The Hall–Kier alpha value is -1.16. The number of likely N-dealkylation sites (N-methyl/N-ethyl adjacent to an activating group) is 1. The predicted molar refractivity (Wildman–Crippen MR) is 51.2 cm³/mol. The molecule has 1 aromatic heterocycles. The Labute approximate surface area is 77.4 Å². The second-order valence-corrected chi connectivity index (χ2v) is 2.61. The van der Waals surface area contributed by atoms with Gasteiger partial charge in [0, 0.05) is 19.3 Å². The highest BCUT2D eigenvalue weighted by atomic mass is 19.1. The minimum Gasteiger partial charge on any atom is -0.366 e. The molecule has 0 amide bonds. The third-order valence-corrected chi connectivity index (χ3v) is 1.60. The first-order valence-electron chi connectivity index (χ1n) is 4.39. The van der Waals surface area contributed by atoms with Gasteiger partial charge in [-0.2, -0.15) is 0 Å². The van der Waals surface area contributed by atoms with Gasteiger partial charge in [-0.3, -0.25) is 0 Å². The summed E-state index contributed by atoms with van der Waals surface area (Å²) in [4.78, 5) is 3.86. The highest BCUT2D eigenvalue weighted by Crippen LogP contribution is 2.06. The van der Waals surface area contributed by atoms with Crippen LogP contribution >= 0.6 is 0 Å². The van der Waals surface area contributed by atoms with Gasteiger partial charge in [0.25, 0.3) is 0 Å². The Kier molecular flexibility index (Phi) is 4.18. The molecule has 0 unspecified atom stereocenters. The molecule has 0 radical (unpaired) electrons. The van der Waals surface area contributed by atoms with Crippen LogP contribution in [0.2, 0.25) is 0 Å². The van der Waals surface area contributed by atoms with Crippen molar-refractivity contribution < 1.29 is 4.39 Å². The molecule has 0 fully saturated rings. The zero-order valence-electron chi connectivity index (χ0n) is 7.68. The molecular weight excluding hydrogens is 169 g/mol. The lowest BCUT2D eigenvalue weighted by Crippen LogP contribution is -2.22. The van der Waals surface area contributed by atoms with Crippen LogP contribution < -0.4 is 10.6 Å². The third-order valence-electron chi connectivity index (χ3n) is 1.60. The van der Waals surface area contributed by atoms with E-state index in [9.17, 15) is 4.39 Å². The van der Waals surface area contributed by atoms with Crippen molar-refractivity contribution in [2.45, 2.75) is 6.92 Å². The normalized spacial score (nSPS) is 10.0. The number of hydrogen-bond donors (Lipinski definition) is 2. The molecule has 72 valence electrons. The maximum atomic E-state index is 13.0. The van der Waals surface area contributed by atoms with Crippen LogP contribution in [-0.4, -0.2) is 24.6 Å². The van der Waals surface area contributed by atoms with E-state index in [-0.39, 0.29) is 5.82 Å². The molecule has 3 nitrogen and oxygen atoms in total. The van der Waals surface area contributed by atoms with E-state index in [0.29, 0.717) is 12.4 Å². The van der Waals surface area contributed by atoms with E-state index in [1.165, 1.54) is 6.07 Å². The summed E-state index contributed by atoms with van der Waals surface area (Å²) in [6.07, 6.45) is 1.57. The molecule has 2 N–H and O–H groups in total. The molecule has 13 heavy (non-hydrogen) atoms. The fourth-order valence-electron chi connectivity index (χ4n) is 0.962. The predicted octanol–water partition coefficient (Wildman–Crippen LogP) is 1.24. The van der Waals surface area contributed by atoms with Crippen molar-refractivity contribution in [1.82, 2.24) is 10.3 Å². The van der Waals surface area contributed by atoms with Crippen molar-refractivity contribution in [3.05, 3.63) is 24.1 Å². The van der Waals surface area contributed by atoms with E-state index in [4.69, 9.17) is 0 Å². The number of halogens is 1. The van der Waals surface area contributed by atoms with E-state index in [1.54, 1.807) is 12.3 Å². The molecule has 0 aliphatic rings. The molecule has 0 spiro atoms. The first-order valence-corrected chi connectivity index (χ1v) is 4.39. The van der Waals surface area contributed by atoms with Crippen molar-refractivity contribution in [2.24, 2.45) is 0 Å². The van der Waals surface area contributed by atoms with E-state index < -0.39 is 0 Å². The first kappa shape index (κ1) is 9.92. The van der Waals surface area contributed by atoms with Gasteiger partial charge in [-0.1, -0.05) is 6.92 Å². The zero-order valence-corrected chi connectivity index (χ0v) is 7.68. The smallest absolute Gasteiger partial charge is 0.165 e. The van der Waals surface area contributed by atoms with Crippen LogP contribution in [0.3, 0.4) is 0 Å². The molecule has 4 heteroatoms. The van der Waals surface area contributed by atoms with Gasteiger partial charge >= 0.3 is 0 Å². The van der Waals surface area contributed by atoms with E-state index >= 15 is 0 Å². The lowest BCUT2D eigenvalue weighted by molar-refractivity contribution is 0.623. The Bertz CT molecular complexity index is 252. The van der Waals surface area contributed by atoms with Crippen LogP contribution in [0.5, 0.6) is 0 Å². The molecule has 1 heterocycles. The third kappa shape index (κ3) is 3.38. The minimum atomic E-state index is -0.306. The van der Waals surface area contributed by atoms with Gasteiger partial charge in [-0.05, 0) is 18.7 Å². The van der Waals surface area contributed by atoms with E-state index in [0.717, 1.165) is 13.1 Å². The topological polar surface area (TPSA) is 37.0 Å². The number of anilines is 1. The van der Waals surface area contributed by atoms with Gasteiger partial charge in [-0.25, -0.2) is 9.37 Å². The molecule has 0 bridgehead atoms. The average molecular weight is 183 g/mol. The fraction of sp³-hybridized carbons (Fsp3) is 0.444. The molecule has 1 aromatic rings. The minimum absolute atomic E-state index is 0.306. The number of aromatic nitrogens is 1. The summed E-state index contributed by atoms with van der Waals surface area (Å²) < 4.78 is 13.0. The average Bonchev–Trinajstić information content (AvgIpc) is 2.15. The van der Waals surface area contributed by atoms with Gasteiger partial charge in [-0.15, -0.1) is 0 Å². The highest BCUT2D eigenvalue weighted by Gasteiger charge is 1.98. The zero-order chi connectivity index (χ0) is 9.52. The van der Waals surface area contributed by atoms with Crippen molar-refractivity contribution in [1.29, 1.82) is 0 Å². The van der Waals surface area contributed by atoms with Crippen LogP contribution in [0.4, 0.5) is 10.2 Å². The second kappa shape index (κ2) is 5.48. The molecule has 0 aliphatic heterocycles. The highest BCUT2D eigenvalue weighted by molar-refractivity contribution is 5.35. The summed E-state index contributed by atoms with van der Waals surface area (Å²) in [6.45, 7) is 4.45. The number of rotatable bonds is 5. The van der Waals surface area contributed by atoms with Crippen molar-refractivity contribution in [2.75, 3.05) is 25.0 Å². The molecule has 0 atom stereocenters. The number of nitrogens with zero attached hydrogens (tertiary/aromatic N) is 1. The Morgan fingerprint density at radius 3 is 3.00 bits per heavy atom. The molecule has 0 aliphatic carbocycles. The monoisotopic (exact) mass is 183 g/mol. The number of hydrogen-bond acceptors (Lipinski definition) is 3. The van der Waals surface area contributed by atoms with Crippen molar-refractivity contribution in [3.8, 4) is 0 Å². The van der Waals surface area contributed by atoms with Gasteiger partial charge in [0.15, 0.2) is 11.6 Å². The van der Waals surface area contributed by atoms with Crippen LogP contribution in [0.15, 0.2) is 18.3 Å². The summed E-state index contributed by atoms with van der Waals surface area (Å²) in [5.74, 6) is 0.0133. The summed E-state index contributed by atoms with van der Waals surface area (Å²) >= 11 is 0. The largest absolute Gasteiger partial charge is 0.366 e. The fourth-order valence-corrected chi connectivity index (χ4v) is 0.962. The van der Waals surface area contributed by atoms with Crippen LogP contribution in [0.25, 0.3) is 0 Å². The molecular formula is C9H14FN3. The lowest BCUT2D eigenvalue weighted by Gasteiger charge is -2.05.